The number of halogens is 1. The Morgan fingerprint density at radius 3 is 2.74 bits per heavy atom. The lowest BCUT2D eigenvalue weighted by Gasteiger charge is -2.34. The van der Waals surface area contributed by atoms with Gasteiger partial charge in [0.1, 0.15) is 0 Å². The van der Waals surface area contributed by atoms with E-state index in [9.17, 15) is 5.11 Å². The molecule has 0 aromatic carbocycles. The third-order valence-corrected chi connectivity index (χ3v) is 4.93. The smallest absolute Gasteiger partial charge is 0.0767 e. The average molecular weight is 330 g/mol. The SMILES string of the molecule is CCc1nn(CC)c(CN2CCC(O)C(C)C2)c1Br. The maximum atomic E-state index is 9.81. The van der Waals surface area contributed by atoms with Crippen molar-refractivity contribution in [2.75, 3.05) is 13.1 Å². The summed E-state index contributed by atoms with van der Waals surface area (Å²) in [7, 11) is 0. The molecule has 0 bridgehead atoms. The van der Waals surface area contributed by atoms with Crippen LogP contribution in [0.25, 0.3) is 0 Å². The Hall–Kier alpha value is -0.390. The van der Waals surface area contributed by atoms with Crippen LogP contribution in [0.4, 0.5) is 0 Å². The van der Waals surface area contributed by atoms with Gasteiger partial charge in [-0.25, -0.2) is 0 Å². The van der Waals surface area contributed by atoms with E-state index in [0.29, 0.717) is 5.92 Å². The molecule has 1 aliphatic rings. The molecule has 2 rings (SSSR count). The van der Waals surface area contributed by atoms with E-state index in [4.69, 9.17) is 0 Å². The van der Waals surface area contributed by atoms with E-state index >= 15 is 0 Å². The summed E-state index contributed by atoms with van der Waals surface area (Å²) < 4.78 is 3.26. The summed E-state index contributed by atoms with van der Waals surface area (Å²) in [5.41, 5.74) is 2.41. The van der Waals surface area contributed by atoms with E-state index in [0.717, 1.165) is 49.2 Å². The van der Waals surface area contributed by atoms with E-state index in [1.807, 2.05) is 0 Å². The van der Waals surface area contributed by atoms with Gasteiger partial charge < -0.3 is 5.11 Å². The minimum absolute atomic E-state index is 0.137. The molecule has 4 nitrogen and oxygen atoms in total. The van der Waals surface area contributed by atoms with Gasteiger partial charge in [-0.15, -0.1) is 0 Å². The highest BCUT2D eigenvalue weighted by Gasteiger charge is 2.26. The Kier molecular flexibility index (Phi) is 5.03. The van der Waals surface area contributed by atoms with Gasteiger partial charge in [-0.2, -0.15) is 5.10 Å². The van der Waals surface area contributed by atoms with Gasteiger partial charge in [0, 0.05) is 26.2 Å². The van der Waals surface area contributed by atoms with Crippen molar-refractivity contribution in [3.63, 3.8) is 0 Å². The summed E-state index contributed by atoms with van der Waals surface area (Å²) in [6.45, 7) is 10.1. The zero-order chi connectivity index (χ0) is 14.0. The Morgan fingerprint density at radius 1 is 1.42 bits per heavy atom. The van der Waals surface area contributed by atoms with E-state index < -0.39 is 0 Å². The van der Waals surface area contributed by atoms with Crippen LogP contribution in [0.3, 0.4) is 0 Å². The van der Waals surface area contributed by atoms with Gasteiger partial charge in [-0.1, -0.05) is 13.8 Å². The molecular formula is C14H24BrN3O. The van der Waals surface area contributed by atoms with Crippen molar-refractivity contribution >= 4 is 15.9 Å². The topological polar surface area (TPSA) is 41.3 Å². The standard InChI is InChI=1S/C14H24BrN3O/c1-4-11-14(15)12(18(5-2)16-11)9-17-7-6-13(19)10(3)8-17/h10,13,19H,4-9H2,1-3H3. The molecule has 2 heterocycles. The lowest BCUT2D eigenvalue weighted by molar-refractivity contribution is 0.0310. The Balaban J connectivity index is 2.12. The van der Waals surface area contributed by atoms with E-state index in [1.54, 1.807) is 0 Å². The molecule has 1 saturated heterocycles. The summed E-state index contributed by atoms with van der Waals surface area (Å²) in [6.07, 6.45) is 1.69. The zero-order valence-electron chi connectivity index (χ0n) is 12.1. The van der Waals surface area contributed by atoms with Crippen LogP contribution in [0.2, 0.25) is 0 Å². The quantitative estimate of drug-likeness (QED) is 0.922. The number of nitrogens with zero attached hydrogens (tertiary/aromatic N) is 3. The second-order valence-electron chi connectivity index (χ2n) is 5.45. The molecule has 19 heavy (non-hydrogen) atoms. The molecule has 0 radical (unpaired) electrons. The van der Waals surface area contributed by atoms with Crippen molar-refractivity contribution in [1.82, 2.24) is 14.7 Å². The molecule has 0 spiro atoms. The number of aliphatic hydroxyl groups is 1. The molecule has 1 N–H and O–H groups in total. The van der Waals surface area contributed by atoms with Crippen LogP contribution < -0.4 is 0 Å². The molecule has 1 aromatic heterocycles. The number of hydrogen-bond donors (Lipinski definition) is 1. The second-order valence-corrected chi connectivity index (χ2v) is 6.24. The highest BCUT2D eigenvalue weighted by Crippen LogP contribution is 2.26. The van der Waals surface area contributed by atoms with E-state index in [-0.39, 0.29) is 6.10 Å². The molecule has 2 unspecified atom stereocenters. The number of aliphatic hydroxyl groups excluding tert-OH is 1. The number of hydrogen-bond acceptors (Lipinski definition) is 3. The van der Waals surface area contributed by atoms with Gasteiger partial charge in [-0.05, 0) is 41.6 Å². The number of piperidine rings is 1. The zero-order valence-corrected chi connectivity index (χ0v) is 13.7. The number of rotatable bonds is 4. The Morgan fingerprint density at radius 2 is 2.16 bits per heavy atom. The van der Waals surface area contributed by atoms with Crippen LogP contribution >= 0.6 is 15.9 Å². The molecule has 0 saturated carbocycles. The number of likely N-dealkylation sites (tertiary alicyclic amines) is 1. The van der Waals surface area contributed by atoms with Crippen LogP contribution in [0.5, 0.6) is 0 Å². The molecule has 1 aliphatic heterocycles. The molecule has 2 atom stereocenters. The first-order chi connectivity index (χ1) is 9.06. The third-order valence-electron chi connectivity index (χ3n) is 4.01. The summed E-state index contributed by atoms with van der Waals surface area (Å²) in [4.78, 5) is 2.42. The first kappa shape index (κ1) is 15.0. The summed E-state index contributed by atoms with van der Waals surface area (Å²) in [6, 6.07) is 0. The number of aromatic nitrogens is 2. The lowest BCUT2D eigenvalue weighted by Crippen LogP contribution is -2.41. The summed E-state index contributed by atoms with van der Waals surface area (Å²) in [5, 5.41) is 14.4. The fraction of sp³-hybridized carbons (Fsp3) is 0.786. The van der Waals surface area contributed by atoms with Crippen LogP contribution in [-0.2, 0) is 19.5 Å². The number of aryl methyl sites for hydroxylation is 2. The highest BCUT2D eigenvalue weighted by molar-refractivity contribution is 9.10. The predicted octanol–water partition coefficient (Wildman–Crippen LogP) is 2.43. The van der Waals surface area contributed by atoms with Gasteiger partial charge in [0.2, 0.25) is 0 Å². The van der Waals surface area contributed by atoms with Crippen LogP contribution in [0.15, 0.2) is 4.47 Å². The monoisotopic (exact) mass is 329 g/mol. The molecule has 0 amide bonds. The first-order valence-corrected chi connectivity index (χ1v) is 8.00. The van der Waals surface area contributed by atoms with Crippen LogP contribution in [0.1, 0.15) is 38.6 Å². The largest absolute Gasteiger partial charge is 0.393 e. The predicted molar refractivity (Wildman–Crippen MR) is 80.0 cm³/mol. The first-order valence-electron chi connectivity index (χ1n) is 7.21. The van der Waals surface area contributed by atoms with Crippen molar-refractivity contribution < 1.29 is 5.11 Å². The minimum Gasteiger partial charge on any atom is -0.393 e. The Labute approximate surface area is 123 Å². The van der Waals surface area contributed by atoms with Gasteiger partial charge >= 0.3 is 0 Å². The molecule has 1 fully saturated rings. The van der Waals surface area contributed by atoms with Crippen molar-refractivity contribution in [1.29, 1.82) is 0 Å². The molecular weight excluding hydrogens is 306 g/mol. The molecule has 0 aliphatic carbocycles. The molecule has 5 heteroatoms. The van der Waals surface area contributed by atoms with E-state index in [2.05, 4.69) is 51.4 Å². The van der Waals surface area contributed by atoms with Gasteiger partial charge in [0.05, 0.1) is 22.0 Å². The molecule has 108 valence electrons. The van der Waals surface area contributed by atoms with Gasteiger partial charge in [0.25, 0.3) is 0 Å². The van der Waals surface area contributed by atoms with Crippen LogP contribution in [-0.4, -0.2) is 39.0 Å². The minimum atomic E-state index is -0.137. The van der Waals surface area contributed by atoms with Gasteiger partial charge in [0.15, 0.2) is 0 Å². The van der Waals surface area contributed by atoms with E-state index in [1.165, 1.54) is 5.69 Å². The fourth-order valence-corrected chi connectivity index (χ4v) is 3.43. The Bertz CT molecular complexity index is 433. The molecule has 1 aromatic rings. The van der Waals surface area contributed by atoms with Crippen molar-refractivity contribution in [3.05, 3.63) is 15.9 Å². The van der Waals surface area contributed by atoms with Crippen LogP contribution in [0, 0.1) is 5.92 Å². The summed E-state index contributed by atoms with van der Waals surface area (Å²) in [5.74, 6) is 0.358. The normalized spacial score (nSPS) is 24.9. The van der Waals surface area contributed by atoms with Crippen molar-refractivity contribution in [3.8, 4) is 0 Å². The third kappa shape index (κ3) is 3.20. The van der Waals surface area contributed by atoms with Crippen molar-refractivity contribution in [2.24, 2.45) is 5.92 Å². The highest BCUT2D eigenvalue weighted by atomic mass is 79.9. The second kappa shape index (κ2) is 6.37. The van der Waals surface area contributed by atoms with Crippen molar-refractivity contribution in [2.45, 2.75) is 52.8 Å². The average Bonchev–Trinajstić information content (AvgIpc) is 2.70. The fourth-order valence-electron chi connectivity index (χ4n) is 2.74. The lowest BCUT2D eigenvalue weighted by atomic mass is 9.97. The maximum Gasteiger partial charge on any atom is 0.0767 e. The maximum absolute atomic E-state index is 9.81. The van der Waals surface area contributed by atoms with Gasteiger partial charge in [-0.3, -0.25) is 9.58 Å². The summed E-state index contributed by atoms with van der Waals surface area (Å²) >= 11 is 3.70.